The van der Waals surface area contributed by atoms with E-state index in [2.05, 4.69) is 6.92 Å². The summed E-state index contributed by atoms with van der Waals surface area (Å²) in [5.74, 6) is -1.06. The van der Waals surface area contributed by atoms with Gasteiger partial charge in [0.1, 0.15) is 23.9 Å². The summed E-state index contributed by atoms with van der Waals surface area (Å²) in [4.78, 5) is 48.2. The Morgan fingerprint density at radius 1 is 0.968 bits per heavy atom. The number of esters is 4. The normalized spacial score (nSPS) is 44.4. The maximum Gasteiger partial charge on any atom is 0.306 e. The molecule has 0 bridgehead atoms. The van der Waals surface area contributed by atoms with Crippen LogP contribution in [-0.4, -0.2) is 47.8 Å². The molecule has 2 saturated heterocycles. The number of carbonyl (C=O) groups is 4. The Labute approximate surface area is 182 Å². The van der Waals surface area contributed by atoms with Crippen molar-refractivity contribution in [2.24, 2.45) is 23.2 Å². The number of hydrogen-bond acceptors (Lipinski definition) is 8. The first kappa shape index (κ1) is 22.1. The van der Waals surface area contributed by atoms with E-state index in [1.807, 2.05) is 6.92 Å². The SMILES string of the molecule is CC(=O)O[C@H]1C[C@@H]2OC(=O)C[C@@H]3[C@H](CC[C@]4(C)OC(=O)CC[C@@H]34)[C@@]2(C)C[C@H]1OC(C)=O. The maximum absolute atomic E-state index is 12.8. The molecule has 0 amide bonds. The Balaban J connectivity index is 1.67. The van der Waals surface area contributed by atoms with Crippen molar-refractivity contribution < 1.29 is 38.1 Å². The molecule has 8 nitrogen and oxygen atoms in total. The van der Waals surface area contributed by atoms with Gasteiger partial charge in [0, 0.05) is 44.4 Å². The summed E-state index contributed by atoms with van der Waals surface area (Å²) in [6.45, 7) is 6.75. The van der Waals surface area contributed by atoms with Gasteiger partial charge in [0.25, 0.3) is 0 Å². The second-order valence-corrected chi connectivity index (χ2v) is 10.2. The van der Waals surface area contributed by atoms with Gasteiger partial charge in [-0.3, -0.25) is 19.2 Å². The number of hydrogen-bond donors (Lipinski definition) is 0. The van der Waals surface area contributed by atoms with Gasteiger partial charge < -0.3 is 18.9 Å². The van der Waals surface area contributed by atoms with Crippen LogP contribution in [0, 0.1) is 23.2 Å². The van der Waals surface area contributed by atoms with Gasteiger partial charge in [-0.1, -0.05) is 6.92 Å². The van der Waals surface area contributed by atoms with Crippen LogP contribution in [0.1, 0.15) is 72.6 Å². The lowest BCUT2D eigenvalue weighted by molar-refractivity contribution is -0.208. The highest BCUT2D eigenvalue weighted by Crippen LogP contribution is 2.59. The molecule has 8 atom stereocenters. The summed E-state index contributed by atoms with van der Waals surface area (Å²) >= 11 is 0. The first-order chi connectivity index (χ1) is 14.5. The second-order valence-electron chi connectivity index (χ2n) is 10.2. The number of rotatable bonds is 2. The largest absolute Gasteiger partial charge is 0.462 e. The fourth-order valence-corrected chi connectivity index (χ4v) is 6.88. The quantitative estimate of drug-likeness (QED) is 0.481. The third kappa shape index (κ3) is 3.94. The average Bonchev–Trinajstić information content (AvgIpc) is 2.73. The molecule has 0 aromatic carbocycles. The van der Waals surface area contributed by atoms with E-state index < -0.39 is 41.3 Å². The van der Waals surface area contributed by atoms with Gasteiger partial charge >= 0.3 is 23.9 Å². The van der Waals surface area contributed by atoms with Crippen LogP contribution in [-0.2, 0) is 38.1 Å². The Morgan fingerprint density at radius 2 is 1.65 bits per heavy atom. The standard InChI is InChI=1S/C23H32O8/c1-12(24)28-17-10-19-22(3,11-18(17)29-13(2)25)15-7-8-23(4)16(5-6-20(26)31-23)14(15)9-21(27)30-19/h14-19H,5-11H2,1-4H3/t14-,15+,16+,17+,18-,19+,22-,23+/m1/s1. The summed E-state index contributed by atoms with van der Waals surface area (Å²) < 4.78 is 22.8. The van der Waals surface area contributed by atoms with E-state index in [-0.39, 0.29) is 36.1 Å². The molecule has 2 aliphatic carbocycles. The first-order valence-corrected chi connectivity index (χ1v) is 11.3. The highest BCUT2D eigenvalue weighted by Gasteiger charge is 2.62. The van der Waals surface area contributed by atoms with Crippen molar-refractivity contribution in [1.29, 1.82) is 0 Å². The minimum atomic E-state index is -0.645. The van der Waals surface area contributed by atoms with Crippen LogP contribution in [0.15, 0.2) is 0 Å². The van der Waals surface area contributed by atoms with Crippen LogP contribution in [0.3, 0.4) is 0 Å². The van der Waals surface area contributed by atoms with E-state index in [0.29, 0.717) is 25.7 Å². The van der Waals surface area contributed by atoms with Crippen molar-refractivity contribution >= 4 is 23.9 Å². The molecule has 8 heteroatoms. The summed E-state index contributed by atoms with van der Waals surface area (Å²) in [7, 11) is 0. The van der Waals surface area contributed by atoms with Crippen molar-refractivity contribution in [3.63, 3.8) is 0 Å². The molecule has 0 radical (unpaired) electrons. The van der Waals surface area contributed by atoms with E-state index in [0.717, 1.165) is 12.8 Å². The molecule has 0 spiro atoms. The van der Waals surface area contributed by atoms with Crippen molar-refractivity contribution in [1.82, 2.24) is 0 Å². The zero-order valence-corrected chi connectivity index (χ0v) is 18.7. The fourth-order valence-electron chi connectivity index (χ4n) is 6.88. The minimum Gasteiger partial charge on any atom is -0.462 e. The molecule has 4 rings (SSSR count). The maximum atomic E-state index is 12.8. The smallest absolute Gasteiger partial charge is 0.306 e. The highest BCUT2D eigenvalue weighted by atomic mass is 16.6. The van der Waals surface area contributed by atoms with Gasteiger partial charge in [0.05, 0.1) is 0 Å². The molecule has 31 heavy (non-hydrogen) atoms. The van der Waals surface area contributed by atoms with E-state index in [1.165, 1.54) is 13.8 Å². The van der Waals surface area contributed by atoms with Gasteiger partial charge in [0.15, 0.2) is 0 Å². The van der Waals surface area contributed by atoms with Crippen molar-refractivity contribution in [2.45, 2.75) is 96.6 Å². The second kappa shape index (κ2) is 7.78. The van der Waals surface area contributed by atoms with E-state index in [1.54, 1.807) is 0 Å². The van der Waals surface area contributed by atoms with Crippen LogP contribution in [0.2, 0.25) is 0 Å². The predicted octanol–water partition coefficient (Wildman–Crippen LogP) is 2.70. The molecule has 172 valence electrons. The van der Waals surface area contributed by atoms with Crippen LogP contribution < -0.4 is 0 Å². The Bertz CT molecular complexity index is 792. The molecule has 0 unspecified atom stereocenters. The van der Waals surface area contributed by atoms with Gasteiger partial charge in [-0.05, 0) is 44.4 Å². The summed E-state index contributed by atoms with van der Waals surface area (Å²) in [5, 5.41) is 0. The molecular formula is C23H32O8. The third-order valence-corrected chi connectivity index (χ3v) is 8.17. The predicted molar refractivity (Wildman–Crippen MR) is 106 cm³/mol. The molecule has 4 aliphatic rings. The summed E-state index contributed by atoms with van der Waals surface area (Å²) in [6, 6.07) is 0. The van der Waals surface area contributed by atoms with Crippen LogP contribution in [0.4, 0.5) is 0 Å². The van der Waals surface area contributed by atoms with E-state index in [4.69, 9.17) is 18.9 Å². The zero-order chi connectivity index (χ0) is 22.6. The Morgan fingerprint density at radius 3 is 2.32 bits per heavy atom. The molecule has 0 aromatic rings. The fraction of sp³-hybridized carbons (Fsp3) is 0.826. The molecule has 0 aromatic heterocycles. The Kier molecular flexibility index (Phi) is 5.54. The molecule has 2 aliphatic heterocycles. The van der Waals surface area contributed by atoms with Crippen LogP contribution in [0.5, 0.6) is 0 Å². The zero-order valence-electron chi connectivity index (χ0n) is 18.7. The Hall–Kier alpha value is -2.12. The number of ether oxygens (including phenoxy) is 4. The van der Waals surface area contributed by atoms with E-state index in [9.17, 15) is 19.2 Å². The average molecular weight is 437 g/mol. The summed E-state index contributed by atoms with van der Waals surface area (Å²) in [5.41, 5.74) is -0.992. The first-order valence-electron chi connectivity index (χ1n) is 11.3. The number of fused-ring (bicyclic) bond motifs is 5. The lowest BCUT2D eigenvalue weighted by atomic mass is 9.51. The molecule has 4 fully saturated rings. The van der Waals surface area contributed by atoms with Crippen LogP contribution >= 0.6 is 0 Å². The monoisotopic (exact) mass is 436 g/mol. The van der Waals surface area contributed by atoms with Gasteiger partial charge in [-0.2, -0.15) is 0 Å². The minimum absolute atomic E-state index is 0.0256. The highest BCUT2D eigenvalue weighted by molar-refractivity contribution is 5.72. The molecule has 2 saturated carbocycles. The molecule has 0 N–H and O–H groups in total. The molecule has 2 heterocycles. The molecular weight excluding hydrogens is 404 g/mol. The third-order valence-electron chi connectivity index (χ3n) is 8.17. The lowest BCUT2D eigenvalue weighted by Crippen LogP contribution is -2.59. The van der Waals surface area contributed by atoms with Crippen LogP contribution in [0.25, 0.3) is 0 Å². The number of carbonyl (C=O) groups excluding carboxylic acids is 4. The lowest BCUT2D eigenvalue weighted by Gasteiger charge is -2.56. The van der Waals surface area contributed by atoms with Crippen molar-refractivity contribution in [3.05, 3.63) is 0 Å². The van der Waals surface area contributed by atoms with Crippen molar-refractivity contribution in [3.8, 4) is 0 Å². The van der Waals surface area contributed by atoms with Gasteiger partial charge in [-0.25, -0.2) is 0 Å². The van der Waals surface area contributed by atoms with Gasteiger partial charge in [-0.15, -0.1) is 0 Å². The summed E-state index contributed by atoms with van der Waals surface area (Å²) in [6.07, 6.45) is 1.97. The topological polar surface area (TPSA) is 105 Å². The van der Waals surface area contributed by atoms with Crippen molar-refractivity contribution in [2.75, 3.05) is 0 Å². The van der Waals surface area contributed by atoms with E-state index >= 15 is 0 Å². The van der Waals surface area contributed by atoms with Gasteiger partial charge in [0.2, 0.25) is 0 Å².